The molecule has 0 atom stereocenters. The molecule has 15 rings (SSSR count). The minimum Gasteiger partial charge on any atom is -0.453 e. The Labute approximate surface area is 424 Å². The minimum absolute atomic E-state index is 0.0827. The molecule has 0 saturated carbocycles. The van der Waals surface area contributed by atoms with Crippen LogP contribution in [0.5, 0.6) is 23.0 Å². The molecule has 73 heavy (non-hydrogen) atoms. The molecule has 0 bridgehead atoms. The summed E-state index contributed by atoms with van der Waals surface area (Å²) in [6.07, 6.45) is 0. The maximum Gasteiger partial charge on any atom is 0.252 e. The lowest BCUT2D eigenvalue weighted by molar-refractivity contribution is 0.477. The standard InChI is InChI=1S/C66H43BN4O2/c1-5-20-46(21-6-1)68-56-32-19-33-57-64(56)67(52-40-38-44(42-58(52)68)50-28-17-36-62-65(50)70(48-24-9-3-10-25-48)54-30-13-15-34-60(54)72-62)53-41-39-45(43-59(53)69(57)47-22-7-2-8-23-47)51-29-18-37-63-66(51)71(49-26-11-4-12-27-49)55-31-14-16-35-61(55)73-63/h1-43H. The van der Waals surface area contributed by atoms with E-state index in [2.05, 4.69) is 256 Å². The van der Waals surface area contributed by atoms with Crippen LogP contribution in [0.4, 0.5) is 68.2 Å². The molecule has 11 aromatic rings. The molecule has 0 aliphatic carbocycles. The molecule has 0 amide bonds. The van der Waals surface area contributed by atoms with Gasteiger partial charge in [-0.05, 0) is 137 Å². The van der Waals surface area contributed by atoms with Crippen molar-refractivity contribution in [3.8, 4) is 45.3 Å². The Bertz CT molecular complexity index is 3710. The van der Waals surface area contributed by atoms with Gasteiger partial charge >= 0.3 is 0 Å². The molecule has 4 heterocycles. The maximum atomic E-state index is 6.73. The van der Waals surface area contributed by atoms with E-state index < -0.39 is 0 Å². The molecule has 342 valence electrons. The number of nitrogens with zero attached hydrogens (tertiary/aromatic N) is 4. The van der Waals surface area contributed by atoms with Crippen LogP contribution >= 0.6 is 0 Å². The van der Waals surface area contributed by atoms with Gasteiger partial charge in [-0.15, -0.1) is 0 Å². The third-order valence-corrected chi connectivity index (χ3v) is 14.8. The number of para-hydroxylation sites is 10. The smallest absolute Gasteiger partial charge is 0.252 e. The van der Waals surface area contributed by atoms with Crippen molar-refractivity contribution in [2.45, 2.75) is 0 Å². The summed E-state index contributed by atoms with van der Waals surface area (Å²) in [6, 6.07) is 93.4. The SMILES string of the molecule is c1ccc(N2c3cc(-c4cccc5c4N(c4ccccc4)c4ccccc4O5)ccc3B3c4ccc(-c5cccc6c5N(c5ccccc5)c5ccccc5O6)cc4N(c4ccccc4)c4cccc2c43)cc1. The molecule has 0 saturated heterocycles. The Morgan fingerprint density at radius 1 is 0.260 bits per heavy atom. The van der Waals surface area contributed by atoms with Crippen molar-refractivity contribution in [3.63, 3.8) is 0 Å². The number of fused-ring (bicyclic) bond motifs is 8. The Morgan fingerprint density at radius 3 is 1.03 bits per heavy atom. The van der Waals surface area contributed by atoms with Crippen LogP contribution in [0.25, 0.3) is 22.3 Å². The van der Waals surface area contributed by atoms with Gasteiger partial charge in [0.2, 0.25) is 0 Å². The Balaban J connectivity index is 0.948. The van der Waals surface area contributed by atoms with Gasteiger partial charge in [0.1, 0.15) is 0 Å². The summed E-state index contributed by atoms with van der Waals surface area (Å²) in [6.45, 7) is -0.0827. The number of ether oxygens (including phenoxy) is 2. The first-order valence-corrected chi connectivity index (χ1v) is 24.9. The van der Waals surface area contributed by atoms with Crippen molar-refractivity contribution in [2.24, 2.45) is 0 Å². The molecule has 0 unspecified atom stereocenters. The van der Waals surface area contributed by atoms with Gasteiger partial charge in [0, 0.05) is 56.6 Å². The van der Waals surface area contributed by atoms with Gasteiger partial charge < -0.3 is 29.1 Å². The van der Waals surface area contributed by atoms with Crippen LogP contribution in [0.15, 0.2) is 261 Å². The summed E-state index contributed by atoms with van der Waals surface area (Å²) in [5, 5.41) is 0. The van der Waals surface area contributed by atoms with Gasteiger partial charge in [0.25, 0.3) is 6.71 Å². The van der Waals surface area contributed by atoms with E-state index in [1.165, 1.54) is 16.4 Å². The molecule has 4 aliphatic heterocycles. The van der Waals surface area contributed by atoms with Gasteiger partial charge in [-0.3, -0.25) is 0 Å². The van der Waals surface area contributed by atoms with Crippen molar-refractivity contribution in [3.05, 3.63) is 261 Å². The lowest BCUT2D eigenvalue weighted by atomic mass is 9.33. The van der Waals surface area contributed by atoms with E-state index in [0.29, 0.717) is 0 Å². The summed E-state index contributed by atoms with van der Waals surface area (Å²) in [5.41, 5.74) is 21.0. The van der Waals surface area contributed by atoms with E-state index >= 15 is 0 Å². The summed E-state index contributed by atoms with van der Waals surface area (Å²) in [4.78, 5) is 9.64. The highest BCUT2D eigenvalue weighted by atomic mass is 16.5. The van der Waals surface area contributed by atoms with E-state index in [1.807, 2.05) is 24.3 Å². The lowest BCUT2D eigenvalue weighted by Crippen LogP contribution is -2.61. The molecule has 0 N–H and O–H groups in total. The fourth-order valence-electron chi connectivity index (χ4n) is 11.7. The van der Waals surface area contributed by atoms with E-state index in [4.69, 9.17) is 9.47 Å². The second-order valence-electron chi connectivity index (χ2n) is 18.8. The first-order chi connectivity index (χ1) is 36.2. The zero-order valence-electron chi connectivity index (χ0n) is 39.5. The van der Waals surface area contributed by atoms with Crippen LogP contribution < -0.4 is 45.5 Å². The van der Waals surface area contributed by atoms with Gasteiger partial charge in [0.05, 0.1) is 22.7 Å². The van der Waals surface area contributed by atoms with E-state index in [-0.39, 0.29) is 6.71 Å². The highest BCUT2D eigenvalue weighted by molar-refractivity contribution is 7.00. The van der Waals surface area contributed by atoms with Crippen molar-refractivity contribution in [1.29, 1.82) is 0 Å². The third kappa shape index (κ3) is 6.39. The average Bonchev–Trinajstić information content (AvgIpc) is 3.46. The molecule has 6 nitrogen and oxygen atoms in total. The lowest BCUT2D eigenvalue weighted by Gasteiger charge is -2.44. The minimum atomic E-state index is -0.0827. The topological polar surface area (TPSA) is 31.4 Å². The number of rotatable bonds is 6. The summed E-state index contributed by atoms with van der Waals surface area (Å²) < 4.78 is 13.5. The second-order valence-corrected chi connectivity index (χ2v) is 18.8. The van der Waals surface area contributed by atoms with Crippen molar-refractivity contribution in [1.82, 2.24) is 0 Å². The highest BCUT2D eigenvalue weighted by Gasteiger charge is 2.44. The third-order valence-electron chi connectivity index (χ3n) is 14.8. The van der Waals surface area contributed by atoms with Gasteiger partial charge in [-0.2, -0.15) is 0 Å². The fraction of sp³-hybridized carbons (Fsp3) is 0. The normalized spacial score (nSPS) is 13.3. The number of benzene rings is 11. The van der Waals surface area contributed by atoms with Crippen LogP contribution in [0.2, 0.25) is 0 Å². The molecule has 0 aromatic heterocycles. The molecular weight excluding hydrogens is 892 g/mol. The summed E-state index contributed by atoms with van der Waals surface area (Å²) in [5.74, 6) is 3.28. The Morgan fingerprint density at radius 2 is 0.603 bits per heavy atom. The highest BCUT2D eigenvalue weighted by Crippen LogP contribution is 2.56. The maximum absolute atomic E-state index is 6.73. The zero-order chi connectivity index (χ0) is 48.0. The predicted octanol–water partition coefficient (Wildman–Crippen LogP) is 16.3. The van der Waals surface area contributed by atoms with E-state index in [0.717, 1.165) is 114 Å². The molecule has 0 spiro atoms. The fourth-order valence-corrected chi connectivity index (χ4v) is 11.7. The van der Waals surface area contributed by atoms with Crippen LogP contribution in [-0.2, 0) is 0 Å². The number of anilines is 12. The van der Waals surface area contributed by atoms with Crippen LogP contribution in [-0.4, -0.2) is 6.71 Å². The first kappa shape index (κ1) is 41.1. The zero-order valence-corrected chi connectivity index (χ0v) is 39.5. The second kappa shape index (κ2) is 16.4. The molecule has 4 aliphatic rings. The molecule has 11 aromatic carbocycles. The molecular formula is C66H43BN4O2. The van der Waals surface area contributed by atoms with Gasteiger partial charge in [-0.25, -0.2) is 0 Å². The van der Waals surface area contributed by atoms with Crippen LogP contribution in [0.3, 0.4) is 0 Å². The monoisotopic (exact) mass is 934 g/mol. The first-order valence-electron chi connectivity index (χ1n) is 24.9. The average molecular weight is 935 g/mol. The van der Waals surface area contributed by atoms with Crippen molar-refractivity contribution in [2.75, 3.05) is 19.6 Å². The summed E-state index contributed by atoms with van der Waals surface area (Å²) in [7, 11) is 0. The van der Waals surface area contributed by atoms with Gasteiger partial charge in [-0.1, -0.05) is 152 Å². The van der Waals surface area contributed by atoms with Crippen molar-refractivity contribution >= 4 is 91.3 Å². The largest absolute Gasteiger partial charge is 0.453 e. The number of hydrogen-bond donors (Lipinski definition) is 0. The number of hydrogen-bond acceptors (Lipinski definition) is 6. The van der Waals surface area contributed by atoms with Crippen LogP contribution in [0.1, 0.15) is 0 Å². The molecule has 7 heteroatoms. The molecule has 0 radical (unpaired) electrons. The molecule has 0 fully saturated rings. The Hall–Kier alpha value is -9.72. The van der Waals surface area contributed by atoms with Crippen LogP contribution in [0, 0.1) is 0 Å². The van der Waals surface area contributed by atoms with E-state index in [1.54, 1.807) is 0 Å². The quantitative estimate of drug-likeness (QED) is 0.154. The Kier molecular flexibility index (Phi) is 9.26. The van der Waals surface area contributed by atoms with E-state index in [9.17, 15) is 0 Å². The predicted molar refractivity (Wildman–Crippen MR) is 301 cm³/mol. The summed E-state index contributed by atoms with van der Waals surface area (Å²) >= 11 is 0. The van der Waals surface area contributed by atoms with Crippen molar-refractivity contribution < 1.29 is 9.47 Å². The van der Waals surface area contributed by atoms with Gasteiger partial charge in [0.15, 0.2) is 23.0 Å².